The van der Waals surface area contributed by atoms with Crippen molar-refractivity contribution in [3.63, 3.8) is 0 Å². The SMILES string of the molecule is C=CC/C=C/N(C)C(=O)CCCCCCCC/C=C/[C@H](CSSC[C@@H](/C=C/CCCCCCCCC(=O)N(C)/C=C/CC=C)NC(C)=O)NC(C)=O.CNC(=O)CCCCCCCC/C=C/[C@H](CSSC[C@@H](/C=C/CCCCCCCCC(=O)NC)NC(C)=O)NC(C)=O. The van der Waals surface area contributed by atoms with Crippen LogP contribution in [-0.2, 0) is 38.4 Å². The van der Waals surface area contributed by atoms with Crippen LogP contribution in [0.3, 0.4) is 0 Å². The Labute approximate surface area is 586 Å². The van der Waals surface area contributed by atoms with Gasteiger partial charge in [0.1, 0.15) is 0 Å². The number of hydrogen-bond acceptors (Lipinski definition) is 12. The quantitative estimate of drug-likeness (QED) is 0.0191. The highest BCUT2D eigenvalue weighted by Gasteiger charge is 2.13. The molecule has 0 aromatic heterocycles. The molecule has 0 aliphatic heterocycles. The number of carbonyl (C=O) groups is 8. The van der Waals surface area contributed by atoms with Gasteiger partial charge in [0.05, 0.1) is 24.2 Å². The van der Waals surface area contributed by atoms with E-state index in [-0.39, 0.29) is 71.4 Å². The Bertz CT molecular complexity index is 2060. The van der Waals surface area contributed by atoms with Crippen LogP contribution in [0, 0.1) is 0 Å². The molecule has 0 spiro atoms. The number of carbonyl (C=O) groups excluding carboxylic acids is 8. The average molecular weight is 1390 g/mol. The van der Waals surface area contributed by atoms with Crippen LogP contribution < -0.4 is 31.9 Å². The van der Waals surface area contributed by atoms with E-state index < -0.39 is 0 Å². The van der Waals surface area contributed by atoms with Crippen molar-refractivity contribution in [1.82, 2.24) is 41.7 Å². The fourth-order valence-corrected chi connectivity index (χ4v) is 14.2. The van der Waals surface area contributed by atoms with Gasteiger partial charge in [-0.1, -0.05) is 219 Å². The van der Waals surface area contributed by atoms with Gasteiger partial charge in [0.15, 0.2) is 0 Å². The Balaban J connectivity index is 0. The normalized spacial score (nSPS) is 12.8. The fourth-order valence-electron chi connectivity index (χ4n) is 9.55. The largest absolute Gasteiger partial charge is 0.359 e. The summed E-state index contributed by atoms with van der Waals surface area (Å²) in [4.78, 5) is 97.0. The van der Waals surface area contributed by atoms with Gasteiger partial charge in [-0.2, -0.15) is 0 Å². The molecule has 0 aliphatic rings. The van der Waals surface area contributed by atoms with Gasteiger partial charge < -0.3 is 41.7 Å². The third-order valence-corrected chi connectivity index (χ3v) is 19.8. The second kappa shape index (κ2) is 68.0. The topological polar surface area (TPSA) is 215 Å². The molecule has 0 heterocycles. The summed E-state index contributed by atoms with van der Waals surface area (Å²) in [6, 6.07) is -0.0802. The minimum Gasteiger partial charge on any atom is -0.359 e. The second-order valence-corrected chi connectivity index (χ2v) is 29.0. The Morgan fingerprint density at radius 1 is 0.340 bits per heavy atom. The first-order chi connectivity index (χ1) is 45.4. The predicted octanol–water partition coefficient (Wildman–Crippen LogP) is 16.1. The lowest BCUT2D eigenvalue weighted by atomic mass is 10.1. The number of hydrogen-bond donors (Lipinski definition) is 6. The van der Waals surface area contributed by atoms with E-state index in [2.05, 4.69) is 93.7 Å². The molecule has 0 fully saturated rings. The van der Waals surface area contributed by atoms with Crippen molar-refractivity contribution in [2.24, 2.45) is 0 Å². The third-order valence-electron chi connectivity index (χ3n) is 14.9. The van der Waals surface area contributed by atoms with Gasteiger partial charge in [-0.15, -0.1) is 13.2 Å². The molecule has 4 atom stereocenters. The minimum absolute atomic E-state index is 0.0109. The Morgan fingerprint density at radius 3 is 0.787 bits per heavy atom. The molecule has 0 bridgehead atoms. The van der Waals surface area contributed by atoms with Crippen LogP contribution in [0.25, 0.3) is 0 Å². The molecule has 8 amide bonds. The van der Waals surface area contributed by atoms with Gasteiger partial charge in [-0.25, -0.2) is 0 Å². The molecule has 6 N–H and O–H groups in total. The zero-order valence-corrected chi connectivity index (χ0v) is 62.7. The summed E-state index contributed by atoms with van der Waals surface area (Å²) in [5.74, 6) is 3.47. The van der Waals surface area contributed by atoms with E-state index in [1.807, 2.05) is 36.7 Å². The lowest BCUT2D eigenvalue weighted by Gasteiger charge is -2.16. The number of amides is 8. The van der Waals surface area contributed by atoms with Crippen molar-refractivity contribution in [2.45, 2.75) is 270 Å². The maximum atomic E-state index is 12.1. The van der Waals surface area contributed by atoms with Crippen LogP contribution in [0.4, 0.5) is 0 Å². The van der Waals surface area contributed by atoms with Crippen molar-refractivity contribution >= 4 is 90.4 Å². The first-order valence-corrected chi connectivity index (χ1v) is 40.1. The fraction of sp³-hybridized carbons (Fsp3) is 0.676. The van der Waals surface area contributed by atoms with Gasteiger partial charge in [0.25, 0.3) is 0 Å². The summed E-state index contributed by atoms with van der Waals surface area (Å²) >= 11 is 0. The standard InChI is InChI=1S/C42H70N4O4S2.C32H58N4O4S2/c1-7-9-27-33-45(5)41(49)31-25-21-17-13-11-15-19-23-29-39(43-37(3)47)35-51-52-36-40(44-38(4)48)30-24-20-16-12-14-18-22-26-32-42(50)46(6)34-28-10-8-2;1-27(37)35-29(21-17-13-9-5-7-11-15-19-23-31(39)33-3)25-41-42-26-30(36-28(2)38)22-18-14-10-6-8-12-16-20-24-32(40)34-4/h7-8,23-24,27-30,33-34,39-40H,1-2,9-22,25-26,31-32,35-36H2,3-6H3,(H,43,47)(H,44,48);17-18,21-22,29-30H,5-16,19-20,23-26H2,1-4H3,(H,33,39)(H,34,40)(H,35,37)(H,36,38)/b29-23+,30-24+,33-27+,34-28+;21-17+,22-18+/t39-,40-;29-,30-/m11/s1. The van der Waals surface area contributed by atoms with Crippen LogP contribution in [0.1, 0.15) is 246 Å². The number of nitrogens with one attached hydrogen (secondary N) is 6. The number of allylic oxidation sites excluding steroid dienone is 8. The molecule has 94 heavy (non-hydrogen) atoms. The average Bonchev–Trinajstić information content (AvgIpc) is 3.60. The van der Waals surface area contributed by atoms with Crippen LogP contribution in [0.5, 0.6) is 0 Å². The Morgan fingerprint density at radius 2 is 0.564 bits per heavy atom. The van der Waals surface area contributed by atoms with Crippen molar-refractivity contribution in [3.8, 4) is 0 Å². The highest BCUT2D eigenvalue weighted by molar-refractivity contribution is 8.77. The molecule has 536 valence electrons. The molecule has 0 saturated carbocycles. The maximum absolute atomic E-state index is 12.1. The molecular formula is C74H128N8O8S4. The monoisotopic (exact) mass is 1380 g/mol. The molecule has 0 aromatic carbocycles. The third kappa shape index (κ3) is 65.7. The van der Waals surface area contributed by atoms with E-state index in [1.54, 1.807) is 109 Å². The lowest BCUT2D eigenvalue weighted by Crippen LogP contribution is -2.34. The van der Waals surface area contributed by atoms with Crippen molar-refractivity contribution in [2.75, 3.05) is 51.2 Å². The first kappa shape index (κ1) is 91.1. The van der Waals surface area contributed by atoms with Crippen molar-refractivity contribution < 1.29 is 38.4 Å². The van der Waals surface area contributed by atoms with Crippen LogP contribution in [0.2, 0.25) is 0 Å². The zero-order chi connectivity index (χ0) is 69.9. The number of nitrogens with zero attached hydrogens (tertiary/aromatic N) is 2. The molecule has 20 heteroatoms. The van der Waals surface area contributed by atoms with E-state index in [4.69, 9.17) is 0 Å². The highest BCUT2D eigenvalue weighted by Crippen LogP contribution is 2.26. The van der Waals surface area contributed by atoms with Gasteiger partial charge in [-0.05, 0) is 89.9 Å². The zero-order valence-electron chi connectivity index (χ0n) is 59.5. The van der Waals surface area contributed by atoms with Gasteiger partial charge in [-0.3, -0.25) is 38.4 Å². The molecule has 0 aromatic rings. The molecular weight excluding hydrogens is 1260 g/mol. The predicted molar refractivity (Wildman–Crippen MR) is 406 cm³/mol. The number of unbranched alkanes of at least 4 members (excludes halogenated alkanes) is 24. The van der Waals surface area contributed by atoms with Gasteiger partial charge in [0, 0.05) is 117 Å². The summed E-state index contributed by atoms with van der Waals surface area (Å²) in [5, 5.41) is 17.4. The van der Waals surface area contributed by atoms with Crippen LogP contribution in [-0.4, -0.2) is 132 Å². The molecule has 0 saturated heterocycles. The maximum Gasteiger partial charge on any atom is 0.226 e. The molecule has 0 radical (unpaired) electrons. The van der Waals surface area contributed by atoms with E-state index in [1.165, 1.54) is 51.4 Å². The summed E-state index contributed by atoms with van der Waals surface area (Å²) in [5.41, 5.74) is 0. The summed E-state index contributed by atoms with van der Waals surface area (Å²) in [6.45, 7) is 13.6. The van der Waals surface area contributed by atoms with E-state index in [0.29, 0.717) is 25.7 Å². The van der Waals surface area contributed by atoms with Gasteiger partial charge in [0.2, 0.25) is 47.3 Å². The van der Waals surface area contributed by atoms with Gasteiger partial charge >= 0.3 is 0 Å². The van der Waals surface area contributed by atoms with Crippen LogP contribution in [0.15, 0.2) is 98.5 Å². The minimum atomic E-state index is -0.0390. The molecule has 0 aliphatic carbocycles. The summed E-state index contributed by atoms with van der Waals surface area (Å²) < 4.78 is 0. The molecule has 0 unspecified atom stereocenters. The van der Waals surface area contributed by atoms with E-state index >= 15 is 0 Å². The number of rotatable bonds is 60. The molecule has 16 nitrogen and oxygen atoms in total. The van der Waals surface area contributed by atoms with Crippen LogP contribution >= 0.6 is 43.2 Å². The lowest BCUT2D eigenvalue weighted by molar-refractivity contribution is -0.128. The Kier molecular flexibility index (Phi) is 66.0. The summed E-state index contributed by atoms with van der Waals surface area (Å²) in [6.07, 6.45) is 62.8. The second-order valence-electron chi connectivity index (χ2n) is 23.9. The Hall–Kier alpha value is -4.92. The molecule has 0 rings (SSSR count). The smallest absolute Gasteiger partial charge is 0.226 e. The van der Waals surface area contributed by atoms with Crippen molar-refractivity contribution in [3.05, 3.63) is 98.5 Å². The van der Waals surface area contributed by atoms with Crippen molar-refractivity contribution in [1.29, 1.82) is 0 Å². The van der Waals surface area contributed by atoms with E-state index in [0.717, 1.165) is 164 Å². The summed E-state index contributed by atoms with van der Waals surface area (Å²) in [7, 11) is 13.8. The first-order valence-electron chi connectivity index (χ1n) is 35.1. The van der Waals surface area contributed by atoms with E-state index in [9.17, 15) is 38.4 Å². The highest BCUT2D eigenvalue weighted by atomic mass is 33.1.